The highest BCUT2D eigenvalue weighted by Crippen LogP contribution is 2.19. The summed E-state index contributed by atoms with van der Waals surface area (Å²) in [6, 6.07) is 4.97. The van der Waals surface area contributed by atoms with Crippen molar-refractivity contribution in [2.24, 2.45) is 0 Å². The van der Waals surface area contributed by atoms with Crippen LogP contribution in [0.3, 0.4) is 0 Å². The van der Waals surface area contributed by atoms with Crippen LogP contribution in [-0.2, 0) is 0 Å². The minimum Gasteiger partial charge on any atom is -0.319 e. The third kappa shape index (κ3) is 3.01. The Morgan fingerprint density at radius 3 is 2.76 bits per heavy atom. The highest BCUT2D eigenvalue weighted by Gasteiger charge is 2.08. The molecular weight excluding hydrogens is 305 g/mol. The maximum atomic E-state index is 11.8. The number of aromatic nitrogens is 2. The molecule has 0 aliphatic carbocycles. The summed E-state index contributed by atoms with van der Waals surface area (Å²) in [6.07, 6.45) is 4.52. The van der Waals surface area contributed by atoms with Gasteiger partial charge in [-0.3, -0.25) is 9.78 Å². The summed E-state index contributed by atoms with van der Waals surface area (Å²) < 4.78 is 0.675. The first-order valence-electron chi connectivity index (χ1n) is 4.69. The zero-order valence-corrected chi connectivity index (χ0v) is 10.9. The number of carbonyl (C=O) groups excluding carboxylic acids is 1. The average molecular weight is 313 g/mol. The molecule has 0 aromatic carbocycles. The number of amides is 1. The third-order valence-corrected chi connectivity index (χ3v) is 2.80. The number of pyridine rings is 2. The summed E-state index contributed by atoms with van der Waals surface area (Å²) >= 11 is 9.10. The first-order valence-corrected chi connectivity index (χ1v) is 5.86. The summed E-state index contributed by atoms with van der Waals surface area (Å²) in [5, 5.41) is 3.10. The molecule has 1 N–H and O–H groups in total. The van der Waals surface area contributed by atoms with Crippen molar-refractivity contribution in [3.05, 3.63) is 52.0 Å². The molecule has 2 rings (SSSR count). The van der Waals surface area contributed by atoms with Crippen LogP contribution in [0.25, 0.3) is 0 Å². The number of nitrogens with zero attached hydrogens (tertiary/aromatic N) is 2. The van der Waals surface area contributed by atoms with Crippen molar-refractivity contribution in [2.45, 2.75) is 0 Å². The number of rotatable bonds is 2. The van der Waals surface area contributed by atoms with Crippen molar-refractivity contribution >= 4 is 39.1 Å². The molecule has 2 aromatic rings. The number of hydrogen-bond acceptors (Lipinski definition) is 3. The Kier molecular flexibility index (Phi) is 3.71. The molecule has 0 spiro atoms. The van der Waals surface area contributed by atoms with Crippen LogP contribution in [0.4, 0.5) is 5.69 Å². The van der Waals surface area contributed by atoms with E-state index in [1.165, 1.54) is 12.4 Å². The van der Waals surface area contributed by atoms with Crippen LogP contribution in [0.1, 0.15) is 10.4 Å². The molecule has 86 valence electrons. The fourth-order valence-corrected chi connectivity index (χ4v) is 1.56. The SMILES string of the molecule is O=C(Nc1cnccc1Cl)c1ccc(Br)nc1. The van der Waals surface area contributed by atoms with Crippen LogP contribution < -0.4 is 5.32 Å². The minimum atomic E-state index is -0.278. The predicted molar refractivity (Wildman–Crippen MR) is 69.1 cm³/mol. The van der Waals surface area contributed by atoms with Crippen LogP contribution in [-0.4, -0.2) is 15.9 Å². The maximum absolute atomic E-state index is 11.8. The van der Waals surface area contributed by atoms with Gasteiger partial charge in [0.25, 0.3) is 5.91 Å². The van der Waals surface area contributed by atoms with Gasteiger partial charge in [-0.15, -0.1) is 0 Å². The lowest BCUT2D eigenvalue weighted by Gasteiger charge is -2.05. The summed E-state index contributed by atoms with van der Waals surface area (Å²) in [5.74, 6) is -0.278. The van der Waals surface area contributed by atoms with E-state index >= 15 is 0 Å². The topological polar surface area (TPSA) is 54.9 Å². The van der Waals surface area contributed by atoms with E-state index in [0.717, 1.165) is 0 Å². The predicted octanol–water partition coefficient (Wildman–Crippen LogP) is 3.14. The minimum absolute atomic E-state index is 0.278. The van der Waals surface area contributed by atoms with Crippen molar-refractivity contribution in [3.63, 3.8) is 0 Å². The van der Waals surface area contributed by atoms with Gasteiger partial charge in [-0.25, -0.2) is 4.98 Å². The zero-order chi connectivity index (χ0) is 12.3. The highest BCUT2D eigenvalue weighted by atomic mass is 79.9. The van der Waals surface area contributed by atoms with Gasteiger partial charge >= 0.3 is 0 Å². The Morgan fingerprint density at radius 2 is 2.12 bits per heavy atom. The molecule has 0 saturated heterocycles. The van der Waals surface area contributed by atoms with E-state index in [2.05, 4.69) is 31.2 Å². The molecule has 0 unspecified atom stereocenters. The molecule has 0 saturated carbocycles. The Balaban J connectivity index is 2.17. The van der Waals surface area contributed by atoms with Gasteiger partial charge < -0.3 is 5.32 Å². The largest absolute Gasteiger partial charge is 0.319 e. The molecule has 1 amide bonds. The standard InChI is InChI=1S/C11H7BrClN3O/c12-10-2-1-7(5-15-10)11(17)16-9-6-14-4-3-8(9)13/h1-6H,(H,16,17). The normalized spacial score (nSPS) is 10.0. The molecule has 0 bridgehead atoms. The maximum Gasteiger partial charge on any atom is 0.257 e. The lowest BCUT2D eigenvalue weighted by atomic mass is 10.2. The molecule has 0 atom stereocenters. The number of anilines is 1. The molecular formula is C11H7BrClN3O. The van der Waals surface area contributed by atoms with Crippen LogP contribution in [0.2, 0.25) is 5.02 Å². The van der Waals surface area contributed by atoms with Gasteiger partial charge in [0.1, 0.15) is 4.60 Å². The molecule has 6 heteroatoms. The quantitative estimate of drug-likeness (QED) is 0.867. The van der Waals surface area contributed by atoms with Crippen molar-refractivity contribution in [3.8, 4) is 0 Å². The lowest BCUT2D eigenvalue weighted by molar-refractivity contribution is 0.102. The van der Waals surface area contributed by atoms with E-state index in [-0.39, 0.29) is 5.91 Å². The van der Waals surface area contributed by atoms with Crippen LogP contribution in [0, 0.1) is 0 Å². The second-order valence-corrected chi connectivity index (χ2v) is 4.40. The van der Waals surface area contributed by atoms with Crippen molar-refractivity contribution < 1.29 is 4.79 Å². The van der Waals surface area contributed by atoms with E-state index < -0.39 is 0 Å². The lowest BCUT2D eigenvalue weighted by Crippen LogP contribution is -2.12. The second kappa shape index (κ2) is 5.25. The zero-order valence-electron chi connectivity index (χ0n) is 8.52. The molecule has 0 radical (unpaired) electrons. The highest BCUT2D eigenvalue weighted by molar-refractivity contribution is 9.10. The summed E-state index contributed by atoms with van der Waals surface area (Å²) in [6.45, 7) is 0. The summed E-state index contributed by atoms with van der Waals surface area (Å²) in [7, 11) is 0. The fraction of sp³-hybridized carbons (Fsp3) is 0. The van der Waals surface area contributed by atoms with Gasteiger partial charge in [0.15, 0.2) is 0 Å². The Bertz CT molecular complexity index is 545. The molecule has 2 heterocycles. The second-order valence-electron chi connectivity index (χ2n) is 3.18. The van der Waals surface area contributed by atoms with E-state index in [4.69, 9.17) is 11.6 Å². The number of nitrogens with one attached hydrogen (secondary N) is 1. The third-order valence-electron chi connectivity index (χ3n) is 2.01. The summed E-state index contributed by atoms with van der Waals surface area (Å²) in [5.41, 5.74) is 0.926. The van der Waals surface area contributed by atoms with Gasteiger partial charge in [-0.1, -0.05) is 11.6 Å². The van der Waals surface area contributed by atoms with Crippen LogP contribution >= 0.6 is 27.5 Å². The molecule has 17 heavy (non-hydrogen) atoms. The van der Waals surface area contributed by atoms with Gasteiger partial charge in [0.05, 0.1) is 22.5 Å². The Morgan fingerprint density at radius 1 is 1.29 bits per heavy atom. The van der Waals surface area contributed by atoms with Crippen molar-refractivity contribution in [2.75, 3.05) is 5.32 Å². The summed E-state index contributed by atoms with van der Waals surface area (Å²) in [4.78, 5) is 19.7. The number of halogens is 2. The van der Waals surface area contributed by atoms with Crippen molar-refractivity contribution in [1.82, 2.24) is 9.97 Å². The van der Waals surface area contributed by atoms with Gasteiger partial charge in [0, 0.05) is 12.4 Å². The monoisotopic (exact) mass is 311 g/mol. The molecule has 0 aliphatic rings. The van der Waals surface area contributed by atoms with E-state index in [0.29, 0.717) is 20.9 Å². The number of hydrogen-bond donors (Lipinski definition) is 1. The van der Waals surface area contributed by atoms with Gasteiger partial charge in [-0.05, 0) is 34.1 Å². The Labute approximate surface area is 111 Å². The number of carbonyl (C=O) groups is 1. The van der Waals surface area contributed by atoms with Gasteiger partial charge in [0.2, 0.25) is 0 Å². The van der Waals surface area contributed by atoms with Crippen molar-refractivity contribution in [1.29, 1.82) is 0 Å². The fourth-order valence-electron chi connectivity index (χ4n) is 1.17. The average Bonchev–Trinajstić information content (AvgIpc) is 2.33. The van der Waals surface area contributed by atoms with E-state index in [1.54, 1.807) is 24.4 Å². The van der Waals surface area contributed by atoms with Crippen LogP contribution in [0.5, 0.6) is 0 Å². The molecule has 0 fully saturated rings. The van der Waals surface area contributed by atoms with Crippen LogP contribution in [0.15, 0.2) is 41.4 Å². The smallest absolute Gasteiger partial charge is 0.257 e. The van der Waals surface area contributed by atoms with Gasteiger partial charge in [-0.2, -0.15) is 0 Å². The van der Waals surface area contributed by atoms with E-state index in [1.807, 2.05) is 0 Å². The molecule has 4 nitrogen and oxygen atoms in total. The van der Waals surface area contributed by atoms with E-state index in [9.17, 15) is 4.79 Å². The Hall–Kier alpha value is -1.46. The first kappa shape index (κ1) is 12.0. The molecule has 0 aliphatic heterocycles. The first-order chi connectivity index (χ1) is 8.16. The molecule has 2 aromatic heterocycles.